The van der Waals surface area contributed by atoms with E-state index >= 15 is 0 Å². The maximum atomic E-state index is 11.7. The number of alkyl halides is 3. The topological polar surface area (TPSA) is 55.1 Å². The van der Waals surface area contributed by atoms with Crippen molar-refractivity contribution in [2.45, 2.75) is 31.9 Å². The minimum Gasteiger partial charge on any atom is -0.370 e. The van der Waals surface area contributed by atoms with Crippen LogP contribution in [-0.4, -0.2) is 25.2 Å². The van der Waals surface area contributed by atoms with Crippen LogP contribution in [0.15, 0.2) is 0 Å². The van der Waals surface area contributed by atoms with Crippen LogP contribution < -0.4 is 11.1 Å². The molecule has 14 heavy (non-hydrogen) atoms. The van der Waals surface area contributed by atoms with Crippen molar-refractivity contribution in [3.63, 3.8) is 0 Å². The van der Waals surface area contributed by atoms with Crippen molar-refractivity contribution < 1.29 is 18.0 Å². The average molecular weight is 212 g/mol. The standard InChI is InChI=1S/C8H15F3N2O/c9-8(10,11)4-1-2-5-13-6-3-7(12)14/h13H,1-6H2,(H2,12,14). The highest BCUT2D eigenvalue weighted by Crippen LogP contribution is 2.21. The van der Waals surface area contributed by atoms with Gasteiger partial charge in [0.05, 0.1) is 0 Å². The van der Waals surface area contributed by atoms with Crippen LogP contribution in [0.25, 0.3) is 0 Å². The first-order chi connectivity index (χ1) is 6.42. The van der Waals surface area contributed by atoms with Crippen molar-refractivity contribution in [1.82, 2.24) is 5.32 Å². The number of primary amides is 1. The number of unbranched alkanes of at least 4 members (excludes halogenated alkanes) is 1. The van der Waals surface area contributed by atoms with Gasteiger partial charge in [-0.05, 0) is 19.4 Å². The number of nitrogens with two attached hydrogens (primary N) is 1. The van der Waals surface area contributed by atoms with Crippen LogP contribution in [0.5, 0.6) is 0 Å². The predicted octanol–water partition coefficient (Wildman–Crippen LogP) is 1.18. The van der Waals surface area contributed by atoms with Crippen molar-refractivity contribution in [3.8, 4) is 0 Å². The van der Waals surface area contributed by atoms with Gasteiger partial charge in [0.25, 0.3) is 0 Å². The van der Waals surface area contributed by atoms with Crippen LogP contribution in [0.1, 0.15) is 25.7 Å². The second kappa shape index (κ2) is 6.64. The molecule has 0 bridgehead atoms. The van der Waals surface area contributed by atoms with Crippen molar-refractivity contribution in [1.29, 1.82) is 0 Å². The summed E-state index contributed by atoms with van der Waals surface area (Å²) < 4.78 is 35.0. The molecule has 1 amide bonds. The lowest BCUT2D eigenvalue weighted by Gasteiger charge is -2.06. The van der Waals surface area contributed by atoms with E-state index in [0.717, 1.165) is 0 Å². The lowest BCUT2D eigenvalue weighted by Crippen LogP contribution is -2.23. The van der Waals surface area contributed by atoms with Gasteiger partial charge < -0.3 is 11.1 Å². The van der Waals surface area contributed by atoms with Gasteiger partial charge in [0.2, 0.25) is 5.91 Å². The van der Waals surface area contributed by atoms with Crippen molar-refractivity contribution in [3.05, 3.63) is 0 Å². The summed E-state index contributed by atoms with van der Waals surface area (Å²) in [5.41, 5.74) is 4.86. The monoisotopic (exact) mass is 212 g/mol. The Labute approximate surface area is 80.8 Å². The van der Waals surface area contributed by atoms with E-state index in [0.29, 0.717) is 19.5 Å². The second-order valence-corrected chi connectivity index (χ2v) is 3.04. The summed E-state index contributed by atoms with van der Waals surface area (Å²) in [5, 5.41) is 2.83. The van der Waals surface area contributed by atoms with Crippen molar-refractivity contribution in [2.24, 2.45) is 5.73 Å². The number of rotatable bonds is 7. The Morgan fingerprint density at radius 1 is 1.21 bits per heavy atom. The molecule has 3 N–H and O–H groups in total. The smallest absolute Gasteiger partial charge is 0.370 e. The summed E-state index contributed by atoms with van der Waals surface area (Å²) in [6.07, 6.45) is -4.01. The highest BCUT2D eigenvalue weighted by atomic mass is 19.4. The summed E-state index contributed by atoms with van der Waals surface area (Å²) >= 11 is 0. The molecule has 0 unspecified atom stereocenters. The fourth-order valence-electron chi connectivity index (χ4n) is 0.912. The Hall–Kier alpha value is -0.780. The van der Waals surface area contributed by atoms with Gasteiger partial charge in [0.1, 0.15) is 0 Å². The summed E-state index contributed by atoms with van der Waals surface area (Å²) in [5.74, 6) is -0.409. The summed E-state index contributed by atoms with van der Waals surface area (Å²) in [7, 11) is 0. The Morgan fingerprint density at radius 3 is 2.36 bits per heavy atom. The highest BCUT2D eigenvalue weighted by Gasteiger charge is 2.25. The van der Waals surface area contributed by atoms with Gasteiger partial charge in [0.15, 0.2) is 0 Å². The molecule has 0 rings (SSSR count). The molecule has 0 aromatic heterocycles. The summed E-state index contributed by atoms with van der Waals surface area (Å²) in [6, 6.07) is 0. The third-order valence-corrected chi connectivity index (χ3v) is 1.61. The highest BCUT2D eigenvalue weighted by molar-refractivity contribution is 5.73. The molecule has 0 aliphatic rings. The molecule has 0 saturated carbocycles. The Bertz CT molecular complexity index is 170. The lowest BCUT2D eigenvalue weighted by atomic mass is 10.2. The zero-order chi connectivity index (χ0) is 11.0. The zero-order valence-corrected chi connectivity index (χ0v) is 7.86. The zero-order valence-electron chi connectivity index (χ0n) is 7.86. The largest absolute Gasteiger partial charge is 0.389 e. The molecule has 6 heteroatoms. The van der Waals surface area contributed by atoms with Crippen LogP contribution >= 0.6 is 0 Å². The van der Waals surface area contributed by atoms with Crippen molar-refractivity contribution in [2.75, 3.05) is 13.1 Å². The van der Waals surface area contributed by atoms with Gasteiger partial charge in [-0.25, -0.2) is 0 Å². The maximum Gasteiger partial charge on any atom is 0.389 e. The van der Waals surface area contributed by atoms with Crippen LogP contribution in [0.3, 0.4) is 0 Å². The van der Waals surface area contributed by atoms with E-state index in [2.05, 4.69) is 5.32 Å². The molecule has 3 nitrogen and oxygen atoms in total. The van der Waals surface area contributed by atoms with Gasteiger partial charge in [-0.3, -0.25) is 4.79 Å². The minimum absolute atomic E-state index is 0.118. The Balaban J connectivity index is 3.11. The summed E-state index contributed by atoms with van der Waals surface area (Å²) in [4.78, 5) is 10.3. The molecule has 84 valence electrons. The molecule has 0 radical (unpaired) electrons. The van der Waals surface area contributed by atoms with E-state index in [9.17, 15) is 18.0 Å². The lowest BCUT2D eigenvalue weighted by molar-refractivity contribution is -0.135. The second-order valence-electron chi connectivity index (χ2n) is 3.04. The number of carbonyl (C=O) groups excluding carboxylic acids is 1. The molecule has 0 fully saturated rings. The van der Waals surface area contributed by atoms with Gasteiger partial charge in [-0.1, -0.05) is 0 Å². The molecule has 0 aromatic carbocycles. The minimum atomic E-state index is -4.06. The third kappa shape index (κ3) is 11.2. The number of nitrogens with one attached hydrogen (secondary N) is 1. The predicted molar refractivity (Wildman–Crippen MR) is 46.6 cm³/mol. The molecule has 0 aliphatic carbocycles. The molecule has 0 aromatic rings. The first-order valence-electron chi connectivity index (χ1n) is 4.47. The van der Waals surface area contributed by atoms with E-state index in [-0.39, 0.29) is 12.8 Å². The fraction of sp³-hybridized carbons (Fsp3) is 0.875. The number of hydrogen-bond acceptors (Lipinski definition) is 2. The van der Waals surface area contributed by atoms with Crippen LogP contribution in [0.2, 0.25) is 0 Å². The quantitative estimate of drug-likeness (QED) is 0.623. The molecule has 0 heterocycles. The maximum absolute atomic E-state index is 11.7. The first kappa shape index (κ1) is 13.2. The van der Waals surface area contributed by atoms with Crippen LogP contribution in [0.4, 0.5) is 13.2 Å². The third-order valence-electron chi connectivity index (χ3n) is 1.61. The fourth-order valence-corrected chi connectivity index (χ4v) is 0.912. The average Bonchev–Trinajstić information content (AvgIpc) is 2.00. The SMILES string of the molecule is NC(=O)CCNCCCCC(F)(F)F. The van der Waals surface area contributed by atoms with Gasteiger partial charge in [0, 0.05) is 19.4 Å². The van der Waals surface area contributed by atoms with Gasteiger partial charge in [-0.2, -0.15) is 13.2 Å². The van der Waals surface area contributed by atoms with Crippen molar-refractivity contribution >= 4 is 5.91 Å². The molecule has 0 aliphatic heterocycles. The molecular formula is C8H15F3N2O. The Morgan fingerprint density at radius 2 is 1.86 bits per heavy atom. The van der Waals surface area contributed by atoms with E-state index in [1.165, 1.54) is 0 Å². The van der Waals surface area contributed by atoms with Gasteiger partial charge >= 0.3 is 6.18 Å². The van der Waals surface area contributed by atoms with Crippen LogP contribution in [-0.2, 0) is 4.79 Å². The number of hydrogen-bond donors (Lipinski definition) is 2. The van der Waals surface area contributed by atoms with Crippen LogP contribution in [0, 0.1) is 0 Å². The van der Waals surface area contributed by atoms with E-state index in [4.69, 9.17) is 5.73 Å². The van der Waals surface area contributed by atoms with E-state index in [1.54, 1.807) is 0 Å². The molecule has 0 spiro atoms. The first-order valence-corrected chi connectivity index (χ1v) is 4.47. The number of amides is 1. The summed E-state index contributed by atoms with van der Waals surface area (Å²) in [6.45, 7) is 0.921. The number of carbonyl (C=O) groups is 1. The van der Waals surface area contributed by atoms with E-state index in [1.807, 2.05) is 0 Å². The molecule has 0 saturated heterocycles. The van der Waals surface area contributed by atoms with Gasteiger partial charge in [-0.15, -0.1) is 0 Å². The number of halogens is 3. The Kier molecular flexibility index (Phi) is 6.27. The molecule has 0 atom stereocenters. The van der Waals surface area contributed by atoms with E-state index < -0.39 is 18.5 Å². The molecular weight excluding hydrogens is 197 g/mol. The normalized spacial score (nSPS) is 11.6.